The monoisotopic (exact) mass is 447 g/mol. The van der Waals surface area contributed by atoms with Crippen molar-refractivity contribution in [2.75, 3.05) is 65.9 Å². The molecule has 0 saturated carbocycles. The minimum Gasteiger partial charge on any atom is -0.460 e. The third kappa shape index (κ3) is 21.1. The first-order valence-corrected chi connectivity index (χ1v) is 10.3. The van der Waals surface area contributed by atoms with Gasteiger partial charge in [-0.2, -0.15) is 0 Å². The van der Waals surface area contributed by atoms with Crippen molar-refractivity contribution in [2.24, 2.45) is 10.8 Å². The molecular formula is C19H37N5O7. The topological polar surface area (TPSA) is 167 Å². The van der Waals surface area contributed by atoms with Gasteiger partial charge in [0.15, 0.2) is 0 Å². The molecule has 0 aromatic heterocycles. The molecule has 0 rings (SSSR count). The standard InChI is InChI=1S/C19H37N5O7/c1-19(2,3)31-17(25)5-4-16(20)18(26)22-6-8-27-10-12-29-14-15-30-13-11-28-9-7-23-24-21/h16H,4-15,20H2,1-3H3,(H,22,26)/t16-/m1/s1. The Kier molecular flexibility index (Phi) is 17.6. The lowest BCUT2D eigenvalue weighted by molar-refractivity contribution is -0.155. The molecule has 0 aliphatic carbocycles. The highest BCUT2D eigenvalue weighted by Gasteiger charge is 2.19. The number of rotatable bonds is 19. The Bertz CT molecular complexity index is 536. The zero-order valence-corrected chi connectivity index (χ0v) is 18.8. The number of nitrogens with two attached hydrogens (primary N) is 1. The van der Waals surface area contributed by atoms with Gasteiger partial charge in [0.2, 0.25) is 5.91 Å². The molecule has 12 heteroatoms. The summed E-state index contributed by atoms with van der Waals surface area (Å²) in [5.41, 5.74) is 13.3. The highest BCUT2D eigenvalue weighted by molar-refractivity contribution is 5.82. The van der Waals surface area contributed by atoms with Crippen LogP contribution >= 0.6 is 0 Å². The Morgan fingerprint density at radius 3 is 2.00 bits per heavy atom. The van der Waals surface area contributed by atoms with Gasteiger partial charge < -0.3 is 34.7 Å². The molecule has 0 radical (unpaired) electrons. The average molecular weight is 448 g/mol. The number of esters is 1. The summed E-state index contributed by atoms with van der Waals surface area (Å²) in [6.45, 7) is 9.24. The van der Waals surface area contributed by atoms with Gasteiger partial charge in [0.05, 0.1) is 58.9 Å². The SMILES string of the molecule is CC(C)(C)OC(=O)CC[C@@H](N)C(=O)NCCOCCOCCOCCOCCN=[N+]=[N-]. The van der Waals surface area contributed by atoms with Crippen LogP contribution < -0.4 is 11.1 Å². The minimum absolute atomic E-state index is 0.0911. The van der Waals surface area contributed by atoms with Gasteiger partial charge in [-0.3, -0.25) is 9.59 Å². The maximum Gasteiger partial charge on any atom is 0.306 e. The molecule has 0 aliphatic rings. The third-order valence-corrected chi connectivity index (χ3v) is 3.48. The first-order chi connectivity index (χ1) is 14.8. The maximum absolute atomic E-state index is 11.9. The van der Waals surface area contributed by atoms with Gasteiger partial charge in [-0.15, -0.1) is 0 Å². The molecule has 0 fully saturated rings. The molecule has 180 valence electrons. The molecule has 12 nitrogen and oxygen atoms in total. The smallest absolute Gasteiger partial charge is 0.306 e. The number of hydrogen-bond donors (Lipinski definition) is 2. The molecule has 0 aromatic carbocycles. The quantitative estimate of drug-likeness (QED) is 0.0969. The van der Waals surface area contributed by atoms with E-state index in [-0.39, 0.29) is 24.7 Å². The predicted molar refractivity (Wildman–Crippen MR) is 113 cm³/mol. The first kappa shape index (κ1) is 29.1. The number of nitrogens with one attached hydrogen (secondary N) is 1. The summed E-state index contributed by atoms with van der Waals surface area (Å²) in [6, 6.07) is -0.771. The molecule has 0 unspecified atom stereocenters. The van der Waals surface area contributed by atoms with Gasteiger partial charge in [-0.1, -0.05) is 5.11 Å². The van der Waals surface area contributed by atoms with E-state index in [0.717, 1.165) is 0 Å². The lowest BCUT2D eigenvalue weighted by Crippen LogP contribution is -2.42. The van der Waals surface area contributed by atoms with Crippen LogP contribution in [0.25, 0.3) is 10.4 Å². The molecule has 0 aromatic rings. The van der Waals surface area contributed by atoms with E-state index in [0.29, 0.717) is 65.9 Å². The van der Waals surface area contributed by atoms with E-state index in [9.17, 15) is 9.59 Å². The molecule has 0 heterocycles. The lowest BCUT2D eigenvalue weighted by atomic mass is 10.1. The Morgan fingerprint density at radius 1 is 0.968 bits per heavy atom. The van der Waals surface area contributed by atoms with E-state index in [1.807, 2.05) is 0 Å². The Labute approximate surface area is 183 Å². The van der Waals surface area contributed by atoms with Crippen LogP contribution in [-0.4, -0.2) is 89.5 Å². The van der Waals surface area contributed by atoms with Crippen LogP contribution in [0.15, 0.2) is 5.11 Å². The fourth-order valence-electron chi connectivity index (χ4n) is 2.09. The van der Waals surface area contributed by atoms with Gasteiger partial charge in [-0.25, -0.2) is 0 Å². The summed E-state index contributed by atoms with van der Waals surface area (Å²) in [5.74, 6) is -0.706. The Balaban J connectivity index is 3.43. The molecular weight excluding hydrogens is 410 g/mol. The summed E-state index contributed by atoms with van der Waals surface area (Å²) in [4.78, 5) is 26.1. The van der Waals surface area contributed by atoms with E-state index >= 15 is 0 Å². The van der Waals surface area contributed by atoms with Gasteiger partial charge in [-0.05, 0) is 32.7 Å². The molecule has 31 heavy (non-hydrogen) atoms. The molecule has 0 aliphatic heterocycles. The fraction of sp³-hybridized carbons (Fsp3) is 0.895. The van der Waals surface area contributed by atoms with Gasteiger partial charge in [0.25, 0.3) is 0 Å². The highest BCUT2D eigenvalue weighted by atomic mass is 16.6. The summed E-state index contributed by atoms with van der Waals surface area (Å²) < 4.78 is 26.4. The summed E-state index contributed by atoms with van der Waals surface area (Å²) in [5, 5.41) is 6.01. The predicted octanol–water partition coefficient (Wildman–Crippen LogP) is 0.929. The van der Waals surface area contributed by atoms with Crippen molar-refractivity contribution < 1.29 is 33.3 Å². The van der Waals surface area contributed by atoms with Crippen molar-refractivity contribution in [1.29, 1.82) is 0 Å². The van der Waals surface area contributed by atoms with Gasteiger partial charge >= 0.3 is 5.97 Å². The van der Waals surface area contributed by atoms with Crippen molar-refractivity contribution in [3.8, 4) is 0 Å². The van der Waals surface area contributed by atoms with Crippen LogP contribution in [0.5, 0.6) is 0 Å². The Morgan fingerprint density at radius 2 is 1.48 bits per heavy atom. The zero-order valence-electron chi connectivity index (χ0n) is 18.8. The largest absolute Gasteiger partial charge is 0.460 e. The number of carbonyl (C=O) groups is 2. The molecule has 0 bridgehead atoms. The number of hydrogen-bond acceptors (Lipinski definition) is 9. The van der Waals surface area contributed by atoms with E-state index in [1.165, 1.54) is 0 Å². The van der Waals surface area contributed by atoms with Crippen LogP contribution in [-0.2, 0) is 33.3 Å². The molecule has 0 saturated heterocycles. The van der Waals surface area contributed by atoms with E-state index in [1.54, 1.807) is 20.8 Å². The molecule has 0 spiro atoms. The number of nitrogens with zero attached hydrogens (tertiary/aromatic N) is 3. The van der Waals surface area contributed by atoms with Crippen LogP contribution in [0.3, 0.4) is 0 Å². The molecule has 3 N–H and O–H groups in total. The van der Waals surface area contributed by atoms with Crippen LogP contribution in [0.2, 0.25) is 0 Å². The average Bonchev–Trinajstić information content (AvgIpc) is 2.70. The summed E-state index contributed by atoms with van der Waals surface area (Å²) >= 11 is 0. The lowest BCUT2D eigenvalue weighted by Gasteiger charge is -2.20. The fourth-order valence-corrected chi connectivity index (χ4v) is 2.09. The van der Waals surface area contributed by atoms with Crippen molar-refractivity contribution in [1.82, 2.24) is 5.32 Å². The minimum atomic E-state index is -0.771. The van der Waals surface area contributed by atoms with Crippen LogP contribution in [0.1, 0.15) is 33.6 Å². The number of carbonyl (C=O) groups excluding carboxylic acids is 2. The zero-order chi connectivity index (χ0) is 23.4. The van der Waals surface area contributed by atoms with Crippen molar-refractivity contribution in [2.45, 2.75) is 45.3 Å². The van der Waals surface area contributed by atoms with Gasteiger partial charge in [0, 0.05) is 24.4 Å². The number of azide groups is 1. The maximum atomic E-state index is 11.9. The molecule has 1 amide bonds. The second-order valence-corrected chi connectivity index (χ2v) is 7.43. The number of ether oxygens (including phenoxy) is 5. The van der Waals surface area contributed by atoms with Crippen molar-refractivity contribution >= 4 is 11.9 Å². The summed E-state index contributed by atoms with van der Waals surface area (Å²) in [7, 11) is 0. The van der Waals surface area contributed by atoms with Crippen LogP contribution in [0, 0.1) is 0 Å². The first-order valence-electron chi connectivity index (χ1n) is 10.3. The highest BCUT2D eigenvalue weighted by Crippen LogP contribution is 2.09. The van der Waals surface area contributed by atoms with E-state index in [2.05, 4.69) is 15.3 Å². The van der Waals surface area contributed by atoms with E-state index in [4.69, 9.17) is 34.9 Å². The molecule has 1 atom stereocenters. The van der Waals surface area contributed by atoms with Crippen molar-refractivity contribution in [3.05, 3.63) is 10.4 Å². The Hall–Kier alpha value is -1.95. The van der Waals surface area contributed by atoms with Crippen molar-refractivity contribution in [3.63, 3.8) is 0 Å². The second-order valence-electron chi connectivity index (χ2n) is 7.43. The van der Waals surface area contributed by atoms with E-state index < -0.39 is 11.6 Å². The number of amides is 1. The third-order valence-electron chi connectivity index (χ3n) is 3.48. The summed E-state index contributed by atoms with van der Waals surface area (Å²) in [6.07, 6.45) is 0.313. The second kappa shape index (κ2) is 18.8. The van der Waals surface area contributed by atoms with Crippen LogP contribution in [0.4, 0.5) is 0 Å². The normalized spacial score (nSPS) is 12.1. The van der Waals surface area contributed by atoms with Gasteiger partial charge in [0.1, 0.15) is 5.60 Å².